The molecule has 0 spiro atoms. The van der Waals surface area contributed by atoms with Crippen molar-refractivity contribution in [3.63, 3.8) is 0 Å². The maximum absolute atomic E-state index is 4.37. The number of aliphatic imine (C=N–C) groups is 8. The molecule has 0 saturated carbocycles. The summed E-state index contributed by atoms with van der Waals surface area (Å²) in [6, 6.07) is 0. The van der Waals surface area contributed by atoms with Crippen LogP contribution in [0.3, 0.4) is 0 Å². The first-order chi connectivity index (χ1) is 11.8. The Morgan fingerprint density at radius 1 is 0.280 bits per heavy atom. The minimum atomic E-state index is 0. The fourth-order valence-corrected chi connectivity index (χ4v) is 2.33. The number of nitrogens with zero attached hydrogens (tertiary/aromatic N) is 8. The van der Waals surface area contributed by atoms with E-state index in [0.29, 0.717) is 46.7 Å². The topological polar surface area (TPSA) is 98.9 Å². The van der Waals surface area contributed by atoms with Gasteiger partial charge in [0.05, 0.1) is 0 Å². The molecule has 5 aliphatic rings. The summed E-state index contributed by atoms with van der Waals surface area (Å²) in [5.74, 6) is 4.30. The van der Waals surface area contributed by atoms with Crippen LogP contribution in [0.15, 0.2) is 88.5 Å². The molecule has 25 heavy (non-hydrogen) atoms. The van der Waals surface area contributed by atoms with Gasteiger partial charge in [-0.05, 0) is 48.6 Å². The van der Waals surface area contributed by atoms with E-state index in [9.17, 15) is 0 Å². The SMILES string of the molecule is C1=CC2=NC3=NC(=NC4=NC(=NC5=NC(=NC1=N2)C=C5)C=C4)C=C3.[Ni]. The second-order valence-electron chi connectivity index (χ2n) is 5.09. The minimum absolute atomic E-state index is 0. The molecule has 0 fully saturated rings. The van der Waals surface area contributed by atoms with Gasteiger partial charge in [0.1, 0.15) is 0 Å². The van der Waals surface area contributed by atoms with Gasteiger partial charge in [-0.1, -0.05) is 0 Å². The van der Waals surface area contributed by atoms with Gasteiger partial charge in [0, 0.05) is 16.5 Å². The molecule has 5 heterocycles. The second-order valence-corrected chi connectivity index (χ2v) is 5.09. The summed E-state index contributed by atoms with van der Waals surface area (Å²) >= 11 is 0. The standard InChI is InChI=1S/C16H8N8.Ni/c1-2-10-17-9(1)21-11-3-4-13(18-11)23-15-7-8-16(20-15)24-14-6-5-12(19-14)22-10;/h1-8H;. The van der Waals surface area contributed by atoms with Crippen LogP contribution >= 0.6 is 0 Å². The Labute approximate surface area is 152 Å². The molecule has 0 radical (unpaired) electrons. The smallest absolute Gasteiger partial charge is 0.156 e. The third-order valence-corrected chi connectivity index (χ3v) is 3.36. The molecule has 0 amide bonds. The van der Waals surface area contributed by atoms with Gasteiger partial charge in [-0.15, -0.1) is 0 Å². The maximum atomic E-state index is 4.37. The van der Waals surface area contributed by atoms with Crippen molar-refractivity contribution in [2.75, 3.05) is 0 Å². The van der Waals surface area contributed by atoms with Crippen molar-refractivity contribution in [3.05, 3.63) is 48.6 Å². The monoisotopic (exact) mass is 370 g/mol. The van der Waals surface area contributed by atoms with Crippen LogP contribution in [0.5, 0.6) is 0 Å². The van der Waals surface area contributed by atoms with Crippen molar-refractivity contribution >= 4 is 46.7 Å². The molecule has 8 bridgehead atoms. The van der Waals surface area contributed by atoms with Crippen molar-refractivity contribution in [2.24, 2.45) is 39.9 Å². The molecular weight excluding hydrogens is 363 g/mol. The molecule has 0 aromatic carbocycles. The molecule has 5 aliphatic heterocycles. The summed E-state index contributed by atoms with van der Waals surface area (Å²) in [6.07, 6.45) is 14.2. The first-order valence-corrected chi connectivity index (χ1v) is 7.22. The van der Waals surface area contributed by atoms with Crippen molar-refractivity contribution < 1.29 is 16.5 Å². The van der Waals surface area contributed by atoms with E-state index in [4.69, 9.17) is 0 Å². The molecule has 9 heteroatoms. The second kappa shape index (κ2) is 6.03. The predicted octanol–water partition coefficient (Wildman–Crippen LogP) is 1.46. The van der Waals surface area contributed by atoms with E-state index in [1.165, 1.54) is 0 Å². The summed E-state index contributed by atoms with van der Waals surface area (Å²) in [5, 5.41) is 0. The van der Waals surface area contributed by atoms with Crippen LogP contribution in [-0.2, 0) is 16.5 Å². The van der Waals surface area contributed by atoms with E-state index in [0.717, 1.165) is 0 Å². The molecule has 122 valence electrons. The Morgan fingerprint density at radius 2 is 0.400 bits per heavy atom. The van der Waals surface area contributed by atoms with Gasteiger partial charge in [-0.25, -0.2) is 39.9 Å². The minimum Gasteiger partial charge on any atom is -0.209 e. The number of hydrogen-bond donors (Lipinski definition) is 0. The van der Waals surface area contributed by atoms with Crippen molar-refractivity contribution in [2.45, 2.75) is 0 Å². The van der Waals surface area contributed by atoms with Gasteiger partial charge in [0.25, 0.3) is 0 Å². The fraction of sp³-hybridized carbons (Fsp3) is 0. The van der Waals surface area contributed by atoms with E-state index in [1.54, 1.807) is 48.6 Å². The zero-order valence-corrected chi connectivity index (χ0v) is 13.5. The normalized spacial score (nSPS) is 21.8. The average Bonchev–Trinajstić information content (AvgIpc) is 3.32. The largest absolute Gasteiger partial charge is 0.209 e. The molecule has 0 saturated heterocycles. The molecule has 0 aromatic rings. The predicted molar refractivity (Wildman–Crippen MR) is 96.0 cm³/mol. The van der Waals surface area contributed by atoms with Crippen LogP contribution in [0, 0.1) is 0 Å². The Kier molecular flexibility index (Phi) is 3.70. The molecule has 8 nitrogen and oxygen atoms in total. The summed E-state index contributed by atoms with van der Waals surface area (Å²) < 4.78 is 0. The summed E-state index contributed by atoms with van der Waals surface area (Å²) in [7, 11) is 0. The van der Waals surface area contributed by atoms with Crippen molar-refractivity contribution in [1.82, 2.24) is 0 Å². The molecule has 5 rings (SSSR count). The van der Waals surface area contributed by atoms with E-state index >= 15 is 0 Å². The molecule has 0 N–H and O–H groups in total. The average molecular weight is 371 g/mol. The van der Waals surface area contributed by atoms with Crippen LogP contribution in [0.2, 0.25) is 0 Å². The number of fused-ring (bicyclic) bond motifs is 4. The zero-order valence-electron chi connectivity index (χ0n) is 12.5. The van der Waals surface area contributed by atoms with E-state index in [-0.39, 0.29) is 16.5 Å². The molecule has 0 aliphatic carbocycles. The molecule has 0 unspecified atom stereocenters. The van der Waals surface area contributed by atoms with Gasteiger partial charge >= 0.3 is 0 Å². The number of hydrogen-bond acceptors (Lipinski definition) is 8. The quantitative estimate of drug-likeness (QED) is 0.577. The first-order valence-electron chi connectivity index (χ1n) is 7.22. The van der Waals surface area contributed by atoms with Gasteiger partial charge in [-0.3, -0.25) is 0 Å². The van der Waals surface area contributed by atoms with Gasteiger partial charge in [0.2, 0.25) is 0 Å². The number of rotatable bonds is 0. The van der Waals surface area contributed by atoms with E-state index < -0.39 is 0 Å². The third-order valence-electron chi connectivity index (χ3n) is 3.36. The van der Waals surface area contributed by atoms with Gasteiger partial charge in [0.15, 0.2) is 46.7 Å². The van der Waals surface area contributed by atoms with Crippen LogP contribution in [-0.4, -0.2) is 46.7 Å². The van der Waals surface area contributed by atoms with E-state index in [1.807, 2.05) is 0 Å². The van der Waals surface area contributed by atoms with E-state index in [2.05, 4.69) is 39.9 Å². The van der Waals surface area contributed by atoms with Crippen LogP contribution in [0.25, 0.3) is 0 Å². The van der Waals surface area contributed by atoms with Crippen molar-refractivity contribution in [1.29, 1.82) is 0 Å². The Bertz CT molecular complexity index is 854. The summed E-state index contributed by atoms with van der Waals surface area (Å²) in [5.41, 5.74) is 0. The number of amidine groups is 8. The van der Waals surface area contributed by atoms with Crippen LogP contribution in [0.4, 0.5) is 0 Å². The Balaban J connectivity index is 0.00000157. The Morgan fingerprint density at radius 3 is 0.520 bits per heavy atom. The fourth-order valence-electron chi connectivity index (χ4n) is 2.33. The van der Waals surface area contributed by atoms with Crippen molar-refractivity contribution in [3.8, 4) is 0 Å². The first kappa shape index (κ1) is 15.3. The Hall–Kier alpha value is -3.19. The van der Waals surface area contributed by atoms with Gasteiger partial charge in [-0.2, -0.15) is 0 Å². The zero-order chi connectivity index (χ0) is 15.9. The van der Waals surface area contributed by atoms with Crippen LogP contribution < -0.4 is 0 Å². The maximum Gasteiger partial charge on any atom is 0.156 e. The van der Waals surface area contributed by atoms with Crippen LogP contribution in [0.1, 0.15) is 0 Å². The summed E-state index contributed by atoms with van der Waals surface area (Å²) in [4.78, 5) is 34.8. The molecule has 0 atom stereocenters. The summed E-state index contributed by atoms with van der Waals surface area (Å²) in [6.45, 7) is 0. The van der Waals surface area contributed by atoms with Gasteiger partial charge < -0.3 is 0 Å². The molecular formula is C16H8N8Ni. The third kappa shape index (κ3) is 3.09. The molecule has 0 aromatic heterocycles.